The van der Waals surface area contributed by atoms with Crippen molar-refractivity contribution >= 4 is 60.7 Å². The standard InChI is InChI=1S/C13H7Br2Cl2NO3/c14-6-7-3-8(18(19)20)1-2-12(7)21-13-5-10(16)9(15)4-11(13)17/h1-5H,6H2. The number of nitro benzene ring substituents is 1. The molecule has 0 radical (unpaired) electrons. The third-order valence-electron chi connectivity index (χ3n) is 2.59. The van der Waals surface area contributed by atoms with Gasteiger partial charge in [-0.1, -0.05) is 39.1 Å². The van der Waals surface area contributed by atoms with Crippen molar-refractivity contribution in [2.45, 2.75) is 5.33 Å². The number of hydrogen-bond acceptors (Lipinski definition) is 3. The Hall–Kier alpha value is -0.820. The van der Waals surface area contributed by atoms with Gasteiger partial charge in [-0.25, -0.2) is 0 Å². The molecule has 0 heterocycles. The highest BCUT2D eigenvalue weighted by Gasteiger charge is 2.14. The maximum Gasteiger partial charge on any atom is 0.270 e. The van der Waals surface area contributed by atoms with Crippen LogP contribution in [0.2, 0.25) is 10.0 Å². The molecule has 0 atom stereocenters. The van der Waals surface area contributed by atoms with E-state index in [2.05, 4.69) is 31.9 Å². The van der Waals surface area contributed by atoms with Crippen LogP contribution in [-0.2, 0) is 5.33 Å². The van der Waals surface area contributed by atoms with Crippen molar-refractivity contribution in [3.63, 3.8) is 0 Å². The molecule has 0 bridgehead atoms. The van der Waals surface area contributed by atoms with E-state index < -0.39 is 4.92 Å². The first-order valence-electron chi connectivity index (χ1n) is 5.58. The summed E-state index contributed by atoms with van der Waals surface area (Å²) in [6.07, 6.45) is 0. The molecule has 0 aliphatic rings. The van der Waals surface area contributed by atoms with E-state index in [1.54, 1.807) is 12.1 Å². The molecule has 0 fully saturated rings. The third-order valence-corrected chi connectivity index (χ3v) is 4.69. The highest BCUT2D eigenvalue weighted by atomic mass is 79.9. The molecule has 0 saturated heterocycles. The van der Waals surface area contributed by atoms with Gasteiger partial charge in [-0.05, 0) is 28.1 Å². The lowest BCUT2D eigenvalue weighted by atomic mass is 10.2. The van der Waals surface area contributed by atoms with E-state index in [1.807, 2.05) is 0 Å². The maximum absolute atomic E-state index is 10.8. The number of hydrogen-bond donors (Lipinski definition) is 0. The first-order chi connectivity index (χ1) is 9.92. The molecular weight excluding hydrogens is 449 g/mol. The van der Waals surface area contributed by atoms with Gasteiger partial charge in [-0.15, -0.1) is 0 Å². The molecule has 0 spiro atoms. The summed E-state index contributed by atoms with van der Waals surface area (Å²) in [6, 6.07) is 7.54. The minimum Gasteiger partial charge on any atom is -0.455 e. The maximum atomic E-state index is 10.8. The highest BCUT2D eigenvalue weighted by molar-refractivity contribution is 9.10. The average molecular weight is 456 g/mol. The Morgan fingerprint density at radius 3 is 2.48 bits per heavy atom. The van der Waals surface area contributed by atoms with E-state index in [-0.39, 0.29) is 5.69 Å². The van der Waals surface area contributed by atoms with E-state index in [1.165, 1.54) is 18.2 Å². The van der Waals surface area contributed by atoms with Crippen molar-refractivity contribution in [1.29, 1.82) is 0 Å². The van der Waals surface area contributed by atoms with Crippen molar-refractivity contribution in [2.75, 3.05) is 0 Å². The van der Waals surface area contributed by atoms with Crippen LogP contribution in [0.5, 0.6) is 11.5 Å². The second kappa shape index (κ2) is 6.96. The number of nitrogens with zero attached hydrogens (tertiary/aromatic N) is 1. The van der Waals surface area contributed by atoms with Gasteiger partial charge >= 0.3 is 0 Å². The van der Waals surface area contributed by atoms with Crippen molar-refractivity contribution < 1.29 is 9.66 Å². The molecular formula is C13H7Br2Cl2NO3. The van der Waals surface area contributed by atoms with E-state index in [9.17, 15) is 10.1 Å². The van der Waals surface area contributed by atoms with E-state index in [4.69, 9.17) is 27.9 Å². The van der Waals surface area contributed by atoms with E-state index in [0.717, 1.165) is 0 Å². The Kier molecular flexibility index (Phi) is 5.48. The van der Waals surface area contributed by atoms with Crippen molar-refractivity contribution in [2.24, 2.45) is 0 Å². The van der Waals surface area contributed by atoms with Crippen LogP contribution in [0.25, 0.3) is 0 Å². The molecule has 2 aromatic rings. The zero-order valence-corrected chi connectivity index (χ0v) is 15.0. The smallest absolute Gasteiger partial charge is 0.270 e. The Bertz CT molecular complexity index is 710. The van der Waals surface area contributed by atoms with Gasteiger partial charge in [0.05, 0.1) is 15.0 Å². The Balaban J connectivity index is 2.40. The fraction of sp³-hybridized carbons (Fsp3) is 0.0769. The van der Waals surface area contributed by atoms with Gasteiger partial charge in [-0.3, -0.25) is 10.1 Å². The number of halogens is 4. The third kappa shape index (κ3) is 3.88. The monoisotopic (exact) mass is 453 g/mol. The number of alkyl halides is 1. The van der Waals surface area contributed by atoms with Crippen LogP contribution in [0.4, 0.5) is 5.69 Å². The van der Waals surface area contributed by atoms with Crippen LogP contribution in [0.3, 0.4) is 0 Å². The van der Waals surface area contributed by atoms with Crippen LogP contribution in [0.15, 0.2) is 34.8 Å². The lowest BCUT2D eigenvalue weighted by molar-refractivity contribution is -0.384. The predicted molar refractivity (Wildman–Crippen MR) is 90.0 cm³/mol. The number of nitro groups is 1. The summed E-state index contributed by atoms with van der Waals surface area (Å²) >= 11 is 18.6. The highest BCUT2D eigenvalue weighted by Crippen LogP contribution is 2.38. The lowest BCUT2D eigenvalue weighted by Gasteiger charge is -2.12. The van der Waals surface area contributed by atoms with E-state index >= 15 is 0 Å². The molecule has 110 valence electrons. The van der Waals surface area contributed by atoms with Crippen LogP contribution >= 0.6 is 55.1 Å². The Morgan fingerprint density at radius 2 is 1.86 bits per heavy atom. The fourth-order valence-electron chi connectivity index (χ4n) is 1.58. The Labute approximate surface area is 147 Å². The quantitative estimate of drug-likeness (QED) is 0.233. The molecule has 8 heteroatoms. The summed E-state index contributed by atoms with van der Waals surface area (Å²) in [5.41, 5.74) is 0.635. The van der Waals surface area contributed by atoms with Gasteiger partial charge in [-0.2, -0.15) is 0 Å². The topological polar surface area (TPSA) is 52.4 Å². The van der Waals surface area contributed by atoms with Gasteiger partial charge < -0.3 is 4.74 Å². The second-order valence-electron chi connectivity index (χ2n) is 3.98. The molecule has 2 rings (SSSR count). The molecule has 0 unspecified atom stereocenters. The molecule has 0 aliphatic heterocycles. The van der Waals surface area contributed by atoms with Crippen LogP contribution < -0.4 is 4.74 Å². The molecule has 0 saturated carbocycles. The number of benzene rings is 2. The average Bonchev–Trinajstić information content (AvgIpc) is 2.44. The van der Waals surface area contributed by atoms with Crippen LogP contribution in [-0.4, -0.2) is 4.92 Å². The summed E-state index contributed by atoms with van der Waals surface area (Å²) in [6.45, 7) is 0. The van der Waals surface area contributed by atoms with Crippen molar-refractivity contribution in [1.82, 2.24) is 0 Å². The molecule has 0 N–H and O–H groups in total. The van der Waals surface area contributed by atoms with Gasteiger partial charge in [0.15, 0.2) is 0 Å². The van der Waals surface area contributed by atoms with Gasteiger partial charge in [0, 0.05) is 33.6 Å². The molecule has 2 aromatic carbocycles. The fourth-order valence-corrected chi connectivity index (χ4v) is 2.85. The minimum atomic E-state index is -0.459. The summed E-state index contributed by atoms with van der Waals surface area (Å²) < 4.78 is 6.37. The van der Waals surface area contributed by atoms with Crippen LogP contribution in [0.1, 0.15) is 5.56 Å². The van der Waals surface area contributed by atoms with Crippen LogP contribution in [0, 0.1) is 10.1 Å². The van der Waals surface area contributed by atoms with Gasteiger partial charge in [0.25, 0.3) is 5.69 Å². The summed E-state index contributed by atoms with van der Waals surface area (Å²) in [7, 11) is 0. The number of non-ortho nitro benzene ring substituents is 1. The van der Waals surface area contributed by atoms with Gasteiger partial charge in [0.2, 0.25) is 0 Å². The zero-order chi connectivity index (χ0) is 15.6. The normalized spacial score (nSPS) is 10.5. The molecule has 0 aromatic heterocycles. The Morgan fingerprint density at radius 1 is 1.14 bits per heavy atom. The zero-order valence-electron chi connectivity index (χ0n) is 10.3. The molecule has 0 amide bonds. The SMILES string of the molecule is O=[N+]([O-])c1ccc(Oc2cc(Cl)c(Br)cc2Cl)c(CBr)c1. The molecule has 0 aliphatic carbocycles. The minimum absolute atomic E-state index is 0.00302. The second-order valence-corrected chi connectivity index (χ2v) is 6.21. The number of ether oxygens (including phenoxy) is 1. The largest absolute Gasteiger partial charge is 0.455 e. The first kappa shape index (κ1) is 16.5. The summed E-state index contributed by atoms with van der Waals surface area (Å²) in [4.78, 5) is 10.3. The molecule has 4 nitrogen and oxygen atoms in total. The van der Waals surface area contributed by atoms with Crippen molar-refractivity contribution in [3.05, 3.63) is 60.5 Å². The van der Waals surface area contributed by atoms with Gasteiger partial charge in [0.1, 0.15) is 11.5 Å². The predicted octanol–water partition coefficient (Wildman–Crippen LogP) is 6.35. The summed E-state index contributed by atoms with van der Waals surface area (Å²) in [5.74, 6) is 0.846. The van der Waals surface area contributed by atoms with E-state index in [0.29, 0.717) is 36.9 Å². The summed E-state index contributed by atoms with van der Waals surface area (Å²) in [5, 5.41) is 12.0. The van der Waals surface area contributed by atoms with Crippen molar-refractivity contribution in [3.8, 4) is 11.5 Å². The number of rotatable bonds is 4. The molecule has 21 heavy (non-hydrogen) atoms. The first-order valence-corrected chi connectivity index (χ1v) is 8.25. The lowest BCUT2D eigenvalue weighted by Crippen LogP contribution is -1.94.